The molecule has 0 saturated heterocycles. The SMILES string of the molecule is O=C(OCc1cc(=O)oc2ccc3ccccc3c12)c1cc(-c2cccs2)nc2ccccc12. The summed E-state index contributed by atoms with van der Waals surface area (Å²) in [5, 5.41) is 5.40. The van der Waals surface area contributed by atoms with Gasteiger partial charge in [-0.3, -0.25) is 0 Å². The molecule has 164 valence electrons. The number of ether oxygens (including phenoxy) is 1. The number of carbonyl (C=O) groups is 1. The Balaban J connectivity index is 1.42. The number of hydrogen-bond acceptors (Lipinski definition) is 6. The number of pyridine rings is 1. The van der Waals surface area contributed by atoms with Crippen molar-refractivity contribution in [3.05, 3.63) is 112 Å². The first-order valence-corrected chi connectivity index (χ1v) is 11.6. The van der Waals surface area contributed by atoms with Crippen molar-refractivity contribution in [2.24, 2.45) is 0 Å². The van der Waals surface area contributed by atoms with E-state index in [9.17, 15) is 9.59 Å². The van der Waals surface area contributed by atoms with E-state index in [2.05, 4.69) is 0 Å². The second-order valence-corrected chi connectivity index (χ2v) is 8.82. The molecule has 0 aliphatic carbocycles. The third kappa shape index (κ3) is 3.54. The third-order valence-electron chi connectivity index (χ3n) is 5.78. The van der Waals surface area contributed by atoms with Crippen molar-refractivity contribution >= 4 is 50.0 Å². The minimum atomic E-state index is -0.483. The van der Waals surface area contributed by atoms with Gasteiger partial charge in [-0.1, -0.05) is 54.6 Å². The molecule has 5 nitrogen and oxygen atoms in total. The molecule has 0 fully saturated rings. The molecule has 0 N–H and O–H groups in total. The van der Waals surface area contributed by atoms with Gasteiger partial charge in [0.1, 0.15) is 12.2 Å². The summed E-state index contributed by atoms with van der Waals surface area (Å²) in [4.78, 5) is 31.2. The topological polar surface area (TPSA) is 69.4 Å². The molecule has 0 amide bonds. The molecule has 0 bridgehead atoms. The van der Waals surface area contributed by atoms with Crippen LogP contribution >= 0.6 is 11.3 Å². The van der Waals surface area contributed by atoms with Crippen molar-refractivity contribution in [1.29, 1.82) is 0 Å². The number of fused-ring (bicyclic) bond motifs is 4. The molecule has 0 saturated carbocycles. The van der Waals surface area contributed by atoms with E-state index in [1.54, 1.807) is 23.5 Å². The monoisotopic (exact) mass is 463 g/mol. The molecule has 34 heavy (non-hydrogen) atoms. The van der Waals surface area contributed by atoms with E-state index in [4.69, 9.17) is 14.1 Å². The van der Waals surface area contributed by atoms with Crippen LogP contribution in [-0.2, 0) is 11.3 Å². The Labute approximate surface area is 197 Å². The number of rotatable bonds is 4. The number of benzene rings is 3. The summed E-state index contributed by atoms with van der Waals surface area (Å²) in [7, 11) is 0. The Morgan fingerprint density at radius 2 is 1.74 bits per heavy atom. The Hall–Kier alpha value is -4.29. The second-order valence-electron chi connectivity index (χ2n) is 7.88. The number of thiophene rings is 1. The van der Waals surface area contributed by atoms with Crippen molar-refractivity contribution in [3.63, 3.8) is 0 Å². The fourth-order valence-electron chi connectivity index (χ4n) is 4.25. The van der Waals surface area contributed by atoms with Gasteiger partial charge in [0, 0.05) is 22.4 Å². The van der Waals surface area contributed by atoms with Crippen molar-refractivity contribution in [3.8, 4) is 10.6 Å². The predicted molar refractivity (Wildman–Crippen MR) is 134 cm³/mol. The van der Waals surface area contributed by atoms with Crippen LogP contribution in [-0.4, -0.2) is 11.0 Å². The first-order chi connectivity index (χ1) is 16.7. The van der Waals surface area contributed by atoms with Gasteiger partial charge in [0.05, 0.1) is 21.7 Å². The Kier molecular flexibility index (Phi) is 4.93. The van der Waals surface area contributed by atoms with Gasteiger partial charge in [0.2, 0.25) is 0 Å². The summed E-state index contributed by atoms with van der Waals surface area (Å²) in [6.45, 7) is -0.0556. The van der Waals surface area contributed by atoms with Crippen molar-refractivity contribution in [2.75, 3.05) is 0 Å². The summed E-state index contributed by atoms with van der Waals surface area (Å²) in [5.41, 5.74) is 2.46. The lowest BCUT2D eigenvalue weighted by Crippen LogP contribution is -2.09. The molecular weight excluding hydrogens is 446 g/mol. The lowest BCUT2D eigenvalue weighted by atomic mass is 10.0. The van der Waals surface area contributed by atoms with Crippen LogP contribution in [0.4, 0.5) is 0 Å². The second kappa shape index (κ2) is 8.24. The van der Waals surface area contributed by atoms with Crippen LogP contribution in [0.15, 0.2) is 99.5 Å². The molecule has 0 atom stereocenters. The summed E-state index contributed by atoms with van der Waals surface area (Å²) >= 11 is 1.56. The van der Waals surface area contributed by atoms with Gasteiger partial charge in [0.25, 0.3) is 0 Å². The molecule has 0 aliphatic rings. The molecule has 6 heteroatoms. The van der Waals surface area contributed by atoms with Gasteiger partial charge in [-0.15, -0.1) is 11.3 Å². The van der Waals surface area contributed by atoms with Gasteiger partial charge >= 0.3 is 11.6 Å². The van der Waals surface area contributed by atoms with E-state index >= 15 is 0 Å². The highest BCUT2D eigenvalue weighted by Crippen LogP contribution is 2.30. The van der Waals surface area contributed by atoms with Gasteiger partial charge in [-0.2, -0.15) is 0 Å². The quantitative estimate of drug-likeness (QED) is 0.168. The highest BCUT2D eigenvalue weighted by Gasteiger charge is 2.17. The normalized spacial score (nSPS) is 11.3. The van der Waals surface area contributed by atoms with E-state index in [-0.39, 0.29) is 6.61 Å². The first kappa shape index (κ1) is 20.3. The average molecular weight is 464 g/mol. The number of hydrogen-bond donors (Lipinski definition) is 0. The molecule has 3 aromatic carbocycles. The Morgan fingerprint density at radius 1 is 0.912 bits per heavy atom. The summed E-state index contributed by atoms with van der Waals surface area (Å²) < 4.78 is 11.2. The largest absolute Gasteiger partial charge is 0.457 e. The lowest BCUT2D eigenvalue weighted by Gasteiger charge is -2.11. The van der Waals surface area contributed by atoms with Crippen LogP contribution in [0.5, 0.6) is 0 Å². The van der Waals surface area contributed by atoms with Gasteiger partial charge in [0.15, 0.2) is 0 Å². The maximum Gasteiger partial charge on any atom is 0.339 e. The van der Waals surface area contributed by atoms with Gasteiger partial charge < -0.3 is 9.15 Å². The zero-order valence-corrected chi connectivity index (χ0v) is 18.7. The highest BCUT2D eigenvalue weighted by molar-refractivity contribution is 7.13. The minimum Gasteiger partial charge on any atom is -0.457 e. The smallest absolute Gasteiger partial charge is 0.339 e. The fraction of sp³-hybridized carbons (Fsp3) is 0.0357. The molecule has 6 rings (SSSR count). The van der Waals surface area contributed by atoms with E-state index in [1.807, 2.05) is 72.1 Å². The van der Waals surface area contributed by atoms with Gasteiger partial charge in [-0.25, -0.2) is 14.6 Å². The first-order valence-electron chi connectivity index (χ1n) is 10.7. The summed E-state index contributed by atoms with van der Waals surface area (Å²) in [6.07, 6.45) is 0. The zero-order chi connectivity index (χ0) is 23.1. The van der Waals surface area contributed by atoms with Crippen molar-refractivity contribution < 1.29 is 13.9 Å². The summed E-state index contributed by atoms with van der Waals surface area (Å²) in [5.74, 6) is -0.474. The molecule has 3 aromatic heterocycles. The Bertz CT molecular complexity index is 1750. The van der Waals surface area contributed by atoms with Gasteiger partial charge in [-0.05, 0) is 40.4 Å². The molecule has 0 aliphatic heterocycles. The van der Waals surface area contributed by atoms with Crippen LogP contribution in [0.1, 0.15) is 15.9 Å². The van der Waals surface area contributed by atoms with E-state index in [1.165, 1.54) is 6.07 Å². The number of esters is 1. The molecule has 0 radical (unpaired) electrons. The molecule has 6 aromatic rings. The number of para-hydroxylation sites is 1. The maximum atomic E-state index is 13.3. The maximum absolute atomic E-state index is 13.3. The minimum absolute atomic E-state index is 0.0556. The van der Waals surface area contributed by atoms with Crippen molar-refractivity contribution in [1.82, 2.24) is 4.98 Å². The van der Waals surface area contributed by atoms with Crippen LogP contribution in [0.3, 0.4) is 0 Å². The average Bonchev–Trinajstić information content (AvgIpc) is 3.41. The molecule has 3 heterocycles. The standard InChI is InChI=1S/C28H17NO4S/c30-26-14-18(27-19-7-2-1-6-17(19)11-12-24(27)33-26)16-32-28(31)21-15-23(25-10-5-13-34-25)29-22-9-4-3-8-20(21)22/h1-15H,16H2. The molecule has 0 unspecified atom stereocenters. The van der Waals surface area contributed by atoms with Crippen LogP contribution in [0, 0.1) is 0 Å². The van der Waals surface area contributed by atoms with E-state index < -0.39 is 11.6 Å². The van der Waals surface area contributed by atoms with Crippen LogP contribution in [0.2, 0.25) is 0 Å². The number of carbonyl (C=O) groups excluding carboxylic acids is 1. The Morgan fingerprint density at radius 3 is 2.59 bits per heavy atom. The predicted octanol–water partition coefficient (Wildman–Crippen LogP) is 6.58. The van der Waals surface area contributed by atoms with Crippen molar-refractivity contribution in [2.45, 2.75) is 6.61 Å². The summed E-state index contributed by atoms with van der Waals surface area (Å²) in [6, 6.07) is 26.1. The number of nitrogens with zero attached hydrogens (tertiary/aromatic N) is 1. The van der Waals surface area contributed by atoms with Crippen LogP contribution < -0.4 is 5.63 Å². The zero-order valence-electron chi connectivity index (χ0n) is 17.9. The number of aromatic nitrogens is 1. The van der Waals surface area contributed by atoms with E-state index in [0.29, 0.717) is 16.7 Å². The lowest BCUT2D eigenvalue weighted by molar-refractivity contribution is 0.0476. The molecular formula is C28H17NO4S. The molecule has 0 spiro atoms. The fourth-order valence-corrected chi connectivity index (χ4v) is 4.94. The highest BCUT2D eigenvalue weighted by atomic mass is 32.1. The third-order valence-corrected chi connectivity index (χ3v) is 6.68. The van der Waals surface area contributed by atoms with E-state index in [0.717, 1.165) is 37.6 Å². The van der Waals surface area contributed by atoms with Crippen LogP contribution in [0.25, 0.3) is 43.2 Å².